The van der Waals surface area contributed by atoms with Crippen LogP contribution < -0.4 is 5.32 Å². The summed E-state index contributed by atoms with van der Waals surface area (Å²) in [6.45, 7) is 4.63. The van der Waals surface area contributed by atoms with Gasteiger partial charge in [0.1, 0.15) is 0 Å². The van der Waals surface area contributed by atoms with E-state index in [9.17, 15) is 14.9 Å². The zero-order valence-corrected chi connectivity index (χ0v) is 11.4. The Hall–Kier alpha value is -1.79. The van der Waals surface area contributed by atoms with Gasteiger partial charge in [-0.2, -0.15) is 0 Å². The Bertz CT molecular complexity index is 482. The predicted molar refractivity (Wildman–Crippen MR) is 76.0 cm³/mol. The molecule has 0 aromatic heterocycles. The third-order valence-corrected chi connectivity index (χ3v) is 3.47. The second kappa shape index (κ2) is 7.12. The van der Waals surface area contributed by atoms with Crippen LogP contribution in [-0.2, 0) is 0 Å². The average molecular weight is 277 g/mol. The number of benzene rings is 1. The number of Topliss-reactive ketones (excluding diaryl/α,β-unsaturated/α-hetero) is 1. The smallest absolute Gasteiger partial charge is 0.270 e. The molecule has 1 heterocycles. The first kappa shape index (κ1) is 14.6. The van der Waals surface area contributed by atoms with Gasteiger partial charge in [-0.15, -0.1) is 0 Å². The number of hydrogen-bond acceptors (Lipinski definition) is 5. The third-order valence-electron chi connectivity index (χ3n) is 3.47. The van der Waals surface area contributed by atoms with Crippen LogP contribution in [0.2, 0.25) is 0 Å². The van der Waals surface area contributed by atoms with Gasteiger partial charge in [-0.25, -0.2) is 0 Å². The Morgan fingerprint density at radius 1 is 1.35 bits per heavy atom. The highest BCUT2D eigenvalue weighted by Gasteiger charge is 2.14. The van der Waals surface area contributed by atoms with Gasteiger partial charge >= 0.3 is 0 Å². The SMILES string of the molecule is O=C(CCN1CCCNCC1)c1cccc([N+](=O)[O-])c1. The van der Waals surface area contributed by atoms with Crippen molar-refractivity contribution in [1.82, 2.24) is 10.2 Å². The zero-order chi connectivity index (χ0) is 14.4. The van der Waals surface area contributed by atoms with Gasteiger partial charge in [0.05, 0.1) is 4.92 Å². The molecule has 1 fully saturated rings. The van der Waals surface area contributed by atoms with E-state index in [2.05, 4.69) is 10.2 Å². The summed E-state index contributed by atoms with van der Waals surface area (Å²) in [7, 11) is 0. The van der Waals surface area contributed by atoms with Crippen molar-refractivity contribution in [2.45, 2.75) is 12.8 Å². The van der Waals surface area contributed by atoms with Gasteiger partial charge in [0.2, 0.25) is 0 Å². The molecule has 6 heteroatoms. The molecule has 0 aliphatic carbocycles. The van der Waals surface area contributed by atoms with Crippen molar-refractivity contribution in [3.63, 3.8) is 0 Å². The largest absolute Gasteiger partial charge is 0.315 e. The molecular formula is C14H19N3O3. The number of carbonyl (C=O) groups is 1. The molecule has 108 valence electrons. The summed E-state index contributed by atoms with van der Waals surface area (Å²) in [6, 6.07) is 5.95. The van der Waals surface area contributed by atoms with Crippen molar-refractivity contribution in [1.29, 1.82) is 0 Å². The van der Waals surface area contributed by atoms with Crippen LogP contribution in [0.25, 0.3) is 0 Å². The number of nitrogens with zero attached hydrogens (tertiary/aromatic N) is 2. The van der Waals surface area contributed by atoms with E-state index in [0.717, 1.165) is 32.6 Å². The van der Waals surface area contributed by atoms with Crippen molar-refractivity contribution in [3.8, 4) is 0 Å². The molecule has 1 N–H and O–H groups in total. The predicted octanol–water partition coefficient (Wildman–Crippen LogP) is 1.46. The molecule has 0 amide bonds. The van der Waals surface area contributed by atoms with Gasteiger partial charge in [-0.1, -0.05) is 12.1 Å². The number of rotatable bonds is 5. The van der Waals surface area contributed by atoms with Gasteiger partial charge in [0.25, 0.3) is 5.69 Å². The van der Waals surface area contributed by atoms with E-state index in [-0.39, 0.29) is 11.5 Å². The van der Waals surface area contributed by atoms with Crippen LogP contribution >= 0.6 is 0 Å². The van der Waals surface area contributed by atoms with E-state index in [4.69, 9.17) is 0 Å². The highest BCUT2D eigenvalue weighted by molar-refractivity contribution is 5.96. The molecular weight excluding hydrogens is 258 g/mol. The number of nitrogens with one attached hydrogen (secondary N) is 1. The maximum atomic E-state index is 12.1. The summed E-state index contributed by atoms with van der Waals surface area (Å²) in [4.78, 5) is 24.6. The standard InChI is InChI=1S/C14H19N3O3/c18-14(5-9-16-8-2-6-15-7-10-16)12-3-1-4-13(11-12)17(19)20/h1,3-4,11,15H,2,5-10H2. The number of carbonyl (C=O) groups excluding carboxylic acids is 1. The molecule has 20 heavy (non-hydrogen) atoms. The molecule has 6 nitrogen and oxygen atoms in total. The first-order chi connectivity index (χ1) is 9.66. The molecule has 2 rings (SSSR count). The van der Waals surface area contributed by atoms with E-state index in [1.54, 1.807) is 12.1 Å². The summed E-state index contributed by atoms with van der Waals surface area (Å²) in [5.41, 5.74) is 0.391. The highest BCUT2D eigenvalue weighted by atomic mass is 16.6. The van der Waals surface area contributed by atoms with Crippen molar-refractivity contribution >= 4 is 11.5 Å². The van der Waals surface area contributed by atoms with Crippen LogP contribution in [0.4, 0.5) is 5.69 Å². The average Bonchev–Trinajstić information content (AvgIpc) is 2.73. The Balaban J connectivity index is 1.90. The van der Waals surface area contributed by atoms with E-state index < -0.39 is 4.92 Å². The molecule has 1 aromatic rings. The minimum atomic E-state index is -0.475. The first-order valence-corrected chi connectivity index (χ1v) is 6.87. The van der Waals surface area contributed by atoms with Gasteiger partial charge < -0.3 is 10.2 Å². The third kappa shape index (κ3) is 4.11. The number of ketones is 1. The number of nitro groups is 1. The van der Waals surface area contributed by atoms with Crippen LogP contribution in [0, 0.1) is 10.1 Å². The van der Waals surface area contributed by atoms with Crippen molar-refractivity contribution < 1.29 is 9.72 Å². The van der Waals surface area contributed by atoms with Crippen LogP contribution in [0.3, 0.4) is 0 Å². The van der Waals surface area contributed by atoms with Crippen LogP contribution in [-0.4, -0.2) is 48.3 Å². The van der Waals surface area contributed by atoms with Crippen molar-refractivity contribution in [2.75, 3.05) is 32.7 Å². The lowest BCUT2D eigenvalue weighted by Crippen LogP contribution is -2.30. The Morgan fingerprint density at radius 3 is 3.00 bits per heavy atom. The second-order valence-electron chi connectivity index (χ2n) is 4.93. The summed E-state index contributed by atoms with van der Waals surface area (Å²) in [5.74, 6) is -0.0362. The van der Waals surface area contributed by atoms with E-state index in [0.29, 0.717) is 18.5 Å². The monoisotopic (exact) mass is 277 g/mol. The van der Waals surface area contributed by atoms with E-state index in [1.165, 1.54) is 12.1 Å². The van der Waals surface area contributed by atoms with Gasteiger partial charge in [0, 0.05) is 43.8 Å². The summed E-state index contributed by atoms with van der Waals surface area (Å²) < 4.78 is 0. The van der Waals surface area contributed by atoms with E-state index >= 15 is 0 Å². The maximum Gasteiger partial charge on any atom is 0.270 e. The van der Waals surface area contributed by atoms with Crippen LogP contribution in [0.1, 0.15) is 23.2 Å². The lowest BCUT2D eigenvalue weighted by molar-refractivity contribution is -0.384. The van der Waals surface area contributed by atoms with Crippen molar-refractivity contribution in [3.05, 3.63) is 39.9 Å². The van der Waals surface area contributed by atoms with Gasteiger partial charge in [0.15, 0.2) is 5.78 Å². The fourth-order valence-electron chi connectivity index (χ4n) is 2.32. The minimum Gasteiger partial charge on any atom is -0.315 e. The van der Waals surface area contributed by atoms with Gasteiger partial charge in [-0.05, 0) is 19.5 Å². The number of nitro benzene ring substituents is 1. The molecule has 0 saturated carbocycles. The normalized spacial score (nSPS) is 16.6. The second-order valence-corrected chi connectivity index (χ2v) is 4.93. The first-order valence-electron chi connectivity index (χ1n) is 6.87. The molecule has 0 spiro atoms. The van der Waals surface area contributed by atoms with Crippen LogP contribution in [0.5, 0.6) is 0 Å². The quantitative estimate of drug-likeness (QED) is 0.501. The van der Waals surface area contributed by atoms with Gasteiger partial charge in [-0.3, -0.25) is 14.9 Å². The lowest BCUT2D eigenvalue weighted by atomic mass is 10.1. The fourth-order valence-corrected chi connectivity index (χ4v) is 2.32. The molecule has 0 unspecified atom stereocenters. The summed E-state index contributed by atoms with van der Waals surface area (Å²) in [5, 5.41) is 14.0. The Kier molecular flexibility index (Phi) is 5.20. The minimum absolute atomic E-state index is 0.0326. The maximum absolute atomic E-state index is 12.1. The van der Waals surface area contributed by atoms with Crippen LogP contribution in [0.15, 0.2) is 24.3 Å². The fraction of sp³-hybridized carbons (Fsp3) is 0.500. The van der Waals surface area contributed by atoms with Crippen molar-refractivity contribution in [2.24, 2.45) is 0 Å². The zero-order valence-electron chi connectivity index (χ0n) is 11.4. The Morgan fingerprint density at radius 2 is 2.20 bits per heavy atom. The lowest BCUT2D eigenvalue weighted by Gasteiger charge is -2.18. The topological polar surface area (TPSA) is 75.5 Å². The molecule has 0 bridgehead atoms. The Labute approximate surface area is 117 Å². The molecule has 1 aromatic carbocycles. The number of non-ortho nitro benzene ring substituents is 1. The number of hydrogen-bond donors (Lipinski definition) is 1. The molecule has 1 saturated heterocycles. The molecule has 0 radical (unpaired) electrons. The van der Waals surface area contributed by atoms with E-state index in [1.807, 2.05) is 0 Å². The summed E-state index contributed by atoms with van der Waals surface area (Å²) in [6.07, 6.45) is 1.49. The molecule has 1 aliphatic heterocycles. The molecule has 0 atom stereocenters. The summed E-state index contributed by atoms with van der Waals surface area (Å²) >= 11 is 0. The highest BCUT2D eigenvalue weighted by Crippen LogP contribution is 2.14. The molecule has 1 aliphatic rings.